The molecule has 26 heavy (non-hydrogen) atoms. The maximum absolute atomic E-state index is 12.8. The van der Waals surface area contributed by atoms with E-state index in [0.717, 1.165) is 23.3 Å². The van der Waals surface area contributed by atoms with Crippen molar-refractivity contribution in [2.24, 2.45) is 5.92 Å². The maximum Gasteiger partial charge on any atom is 0.255 e. The summed E-state index contributed by atoms with van der Waals surface area (Å²) in [6.45, 7) is 4.36. The van der Waals surface area contributed by atoms with E-state index >= 15 is 0 Å². The third-order valence-corrected chi connectivity index (χ3v) is 4.55. The number of ether oxygens (including phenoxy) is 1. The second-order valence-corrected chi connectivity index (χ2v) is 6.70. The molecule has 134 valence electrons. The van der Waals surface area contributed by atoms with E-state index in [-0.39, 0.29) is 11.8 Å². The van der Waals surface area contributed by atoms with Gasteiger partial charge in [0.1, 0.15) is 0 Å². The lowest BCUT2D eigenvalue weighted by Crippen LogP contribution is -2.36. The Labute approximate surface area is 151 Å². The number of amides is 1. The number of carbonyl (C=O) groups is 1. The zero-order valence-corrected chi connectivity index (χ0v) is 14.7. The monoisotopic (exact) mass is 351 g/mol. The van der Waals surface area contributed by atoms with Crippen LogP contribution in [-0.2, 0) is 11.2 Å². The summed E-state index contributed by atoms with van der Waals surface area (Å²) in [6.07, 6.45) is 7.71. The first-order valence-corrected chi connectivity index (χ1v) is 8.77. The van der Waals surface area contributed by atoms with Gasteiger partial charge in [-0.1, -0.05) is 0 Å². The molecular formula is C19H21N5O2. The molecule has 7 heteroatoms. The van der Waals surface area contributed by atoms with Crippen LogP contribution in [0.5, 0.6) is 0 Å². The van der Waals surface area contributed by atoms with Crippen molar-refractivity contribution in [1.82, 2.24) is 24.5 Å². The Morgan fingerprint density at radius 2 is 2.27 bits per heavy atom. The molecule has 1 aliphatic heterocycles. The SMILES string of the molecule is Cc1cncc(C(=O)N2CCOCC(Cc3ccc4nccn4n3)C2)c1. The van der Waals surface area contributed by atoms with Gasteiger partial charge in [0.2, 0.25) is 0 Å². The van der Waals surface area contributed by atoms with Gasteiger partial charge in [0.15, 0.2) is 5.65 Å². The molecule has 1 saturated heterocycles. The van der Waals surface area contributed by atoms with Crippen molar-refractivity contribution in [2.75, 3.05) is 26.3 Å². The molecule has 0 saturated carbocycles. The molecule has 0 aromatic carbocycles. The number of imidazole rings is 1. The highest BCUT2D eigenvalue weighted by Crippen LogP contribution is 2.16. The number of hydrogen-bond acceptors (Lipinski definition) is 5. The highest BCUT2D eigenvalue weighted by atomic mass is 16.5. The number of pyridine rings is 1. The van der Waals surface area contributed by atoms with Gasteiger partial charge in [-0.05, 0) is 37.1 Å². The van der Waals surface area contributed by atoms with Crippen LogP contribution < -0.4 is 0 Å². The summed E-state index contributed by atoms with van der Waals surface area (Å²) in [4.78, 5) is 23.1. The van der Waals surface area contributed by atoms with Crippen LogP contribution in [0.4, 0.5) is 0 Å². The van der Waals surface area contributed by atoms with Gasteiger partial charge in [0.25, 0.3) is 5.91 Å². The summed E-state index contributed by atoms with van der Waals surface area (Å²) in [5.41, 5.74) is 3.41. The van der Waals surface area contributed by atoms with Crippen molar-refractivity contribution in [1.29, 1.82) is 0 Å². The standard InChI is InChI=1S/C19H21N5O2/c1-14-8-16(11-20-10-14)19(25)23-6-7-26-13-15(12-23)9-17-2-3-18-21-4-5-24(18)22-17/h2-5,8,10-11,15H,6-7,9,12-13H2,1H3. The van der Waals surface area contributed by atoms with E-state index in [4.69, 9.17) is 4.74 Å². The number of hydrogen-bond donors (Lipinski definition) is 0. The Bertz CT molecular complexity index is 923. The first kappa shape index (κ1) is 16.7. The summed E-state index contributed by atoms with van der Waals surface area (Å²) in [6, 6.07) is 5.83. The molecule has 1 unspecified atom stereocenters. The average molecular weight is 351 g/mol. The van der Waals surface area contributed by atoms with Crippen molar-refractivity contribution < 1.29 is 9.53 Å². The van der Waals surface area contributed by atoms with E-state index < -0.39 is 0 Å². The Morgan fingerprint density at radius 1 is 1.35 bits per heavy atom. The predicted octanol–water partition coefficient (Wildman–Crippen LogP) is 1.76. The molecule has 0 N–H and O–H groups in total. The van der Waals surface area contributed by atoms with Gasteiger partial charge in [-0.3, -0.25) is 9.78 Å². The van der Waals surface area contributed by atoms with Crippen LogP contribution in [0.1, 0.15) is 21.6 Å². The Balaban J connectivity index is 1.49. The number of rotatable bonds is 3. The van der Waals surface area contributed by atoms with E-state index in [0.29, 0.717) is 31.9 Å². The highest BCUT2D eigenvalue weighted by molar-refractivity contribution is 5.94. The van der Waals surface area contributed by atoms with Gasteiger partial charge >= 0.3 is 0 Å². The fourth-order valence-corrected chi connectivity index (χ4v) is 3.30. The molecule has 4 heterocycles. The second kappa shape index (κ2) is 7.21. The molecule has 0 radical (unpaired) electrons. The molecule has 1 aliphatic rings. The van der Waals surface area contributed by atoms with E-state index in [2.05, 4.69) is 15.1 Å². The number of fused-ring (bicyclic) bond motifs is 1. The Hall–Kier alpha value is -2.80. The molecule has 1 atom stereocenters. The van der Waals surface area contributed by atoms with Crippen LogP contribution >= 0.6 is 0 Å². The highest BCUT2D eigenvalue weighted by Gasteiger charge is 2.24. The Kier molecular flexibility index (Phi) is 4.62. The molecule has 1 amide bonds. The minimum absolute atomic E-state index is 0.00900. The summed E-state index contributed by atoms with van der Waals surface area (Å²) in [7, 11) is 0. The summed E-state index contributed by atoms with van der Waals surface area (Å²) >= 11 is 0. The molecule has 3 aromatic rings. The lowest BCUT2D eigenvalue weighted by Gasteiger charge is -2.23. The minimum atomic E-state index is 0.00900. The third-order valence-electron chi connectivity index (χ3n) is 4.55. The van der Waals surface area contributed by atoms with Crippen LogP contribution in [0.15, 0.2) is 43.0 Å². The number of carbonyl (C=O) groups excluding carboxylic acids is 1. The van der Waals surface area contributed by atoms with Crippen molar-refractivity contribution in [3.63, 3.8) is 0 Å². The number of nitrogens with zero attached hydrogens (tertiary/aromatic N) is 5. The van der Waals surface area contributed by atoms with Crippen LogP contribution in [0.25, 0.3) is 5.65 Å². The number of aryl methyl sites for hydroxylation is 1. The van der Waals surface area contributed by atoms with Gasteiger partial charge in [0, 0.05) is 43.8 Å². The lowest BCUT2D eigenvalue weighted by atomic mass is 10.0. The van der Waals surface area contributed by atoms with E-state index in [1.54, 1.807) is 23.1 Å². The van der Waals surface area contributed by atoms with Crippen LogP contribution in [0, 0.1) is 12.8 Å². The smallest absolute Gasteiger partial charge is 0.255 e. The van der Waals surface area contributed by atoms with Crippen molar-refractivity contribution in [2.45, 2.75) is 13.3 Å². The van der Waals surface area contributed by atoms with Crippen molar-refractivity contribution in [3.05, 3.63) is 59.8 Å². The van der Waals surface area contributed by atoms with Crippen LogP contribution in [-0.4, -0.2) is 56.7 Å². The molecule has 0 aliphatic carbocycles. The van der Waals surface area contributed by atoms with Gasteiger partial charge in [-0.25, -0.2) is 9.50 Å². The number of aromatic nitrogens is 4. The zero-order chi connectivity index (χ0) is 17.9. The second-order valence-electron chi connectivity index (χ2n) is 6.70. The maximum atomic E-state index is 12.8. The molecule has 0 bridgehead atoms. The largest absolute Gasteiger partial charge is 0.379 e. The van der Waals surface area contributed by atoms with Gasteiger partial charge in [-0.2, -0.15) is 5.10 Å². The summed E-state index contributed by atoms with van der Waals surface area (Å²) < 4.78 is 7.51. The minimum Gasteiger partial charge on any atom is -0.379 e. The topological polar surface area (TPSA) is 72.6 Å². The quantitative estimate of drug-likeness (QED) is 0.719. The zero-order valence-electron chi connectivity index (χ0n) is 14.7. The molecule has 0 spiro atoms. The third kappa shape index (κ3) is 3.57. The summed E-state index contributed by atoms with van der Waals surface area (Å²) in [5.74, 6) is 0.211. The van der Waals surface area contributed by atoms with E-state index in [9.17, 15) is 4.79 Å². The first-order valence-electron chi connectivity index (χ1n) is 8.77. The van der Waals surface area contributed by atoms with Gasteiger partial charge in [0.05, 0.1) is 24.5 Å². The van der Waals surface area contributed by atoms with Gasteiger partial charge in [-0.15, -0.1) is 0 Å². The Morgan fingerprint density at radius 3 is 3.15 bits per heavy atom. The molecular weight excluding hydrogens is 330 g/mol. The fraction of sp³-hybridized carbons (Fsp3) is 0.368. The lowest BCUT2D eigenvalue weighted by molar-refractivity contribution is 0.0736. The normalized spacial score (nSPS) is 18.0. The van der Waals surface area contributed by atoms with Crippen molar-refractivity contribution >= 4 is 11.6 Å². The molecule has 7 nitrogen and oxygen atoms in total. The fourth-order valence-electron chi connectivity index (χ4n) is 3.30. The van der Waals surface area contributed by atoms with E-state index in [1.807, 2.05) is 36.2 Å². The van der Waals surface area contributed by atoms with E-state index in [1.165, 1.54) is 0 Å². The molecule has 3 aromatic heterocycles. The molecule has 4 rings (SSSR count). The average Bonchev–Trinajstić information content (AvgIpc) is 2.99. The predicted molar refractivity (Wildman–Crippen MR) is 95.9 cm³/mol. The van der Waals surface area contributed by atoms with Crippen LogP contribution in [0.2, 0.25) is 0 Å². The van der Waals surface area contributed by atoms with Crippen LogP contribution in [0.3, 0.4) is 0 Å². The molecule has 1 fully saturated rings. The summed E-state index contributed by atoms with van der Waals surface area (Å²) in [5, 5.41) is 4.58. The van der Waals surface area contributed by atoms with Crippen molar-refractivity contribution in [3.8, 4) is 0 Å². The van der Waals surface area contributed by atoms with Gasteiger partial charge < -0.3 is 9.64 Å². The first-order chi connectivity index (χ1) is 12.7.